The quantitative estimate of drug-likeness (QED) is 0.619. The summed E-state index contributed by atoms with van der Waals surface area (Å²) in [6, 6.07) is 26.6. The molecule has 0 bridgehead atoms. The maximum Gasteiger partial charge on any atom is 0.156 e. The smallest absolute Gasteiger partial charge is 0.156 e. The standard InChI is InChI=1S/C21H17N3O/c1-16(24-20-15-9-8-14-19(20)22-23-24)21(25,17-10-4-2-5-11-17)18-12-6-3-7-13-18/h2-15,25H,1H2. The Balaban J connectivity index is 1.94. The van der Waals surface area contributed by atoms with Gasteiger partial charge in [0.25, 0.3) is 0 Å². The second kappa shape index (κ2) is 6.00. The van der Waals surface area contributed by atoms with Crippen LogP contribution in [0.3, 0.4) is 0 Å². The lowest BCUT2D eigenvalue weighted by Crippen LogP contribution is -2.31. The van der Waals surface area contributed by atoms with Crippen molar-refractivity contribution in [3.8, 4) is 0 Å². The molecule has 4 aromatic rings. The SMILES string of the molecule is C=C(n1nnc2ccccc21)C(O)(c1ccccc1)c1ccccc1. The summed E-state index contributed by atoms with van der Waals surface area (Å²) in [6.45, 7) is 4.18. The number of nitrogens with zero attached hydrogens (tertiary/aromatic N) is 3. The average molecular weight is 327 g/mol. The molecule has 0 atom stereocenters. The van der Waals surface area contributed by atoms with Gasteiger partial charge in [0.05, 0.1) is 11.2 Å². The van der Waals surface area contributed by atoms with Gasteiger partial charge in [0.15, 0.2) is 5.60 Å². The van der Waals surface area contributed by atoms with E-state index in [0.717, 1.165) is 22.2 Å². The molecular formula is C21H17N3O. The summed E-state index contributed by atoms with van der Waals surface area (Å²) in [5, 5.41) is 20.2. The number of hydrogen-bond donors (Lipinski definition) is 1. The highest BCUT2D eigenvalue weighted by Crippen LogP contribution is 2.38. The first-order valence-corrected chi connectivity index (χ1v) is 8.05. The lowest BCUT2D eigenvalue weighted by Gasteiger charge is -2.31. The van der Waals surface area contributed by atoms with E-state index in [9.17, 15) is 5.11 Å². The van der Waals surface area contributed by atoms with Gasteiger partial charge in [0.1, 0.15) is 5.52 Å². The zero-order chi connectivity index (χ0) is 17.3. The molecule has 0 saturated heterocycles. The lowest BCUT2D eigenvalue weighted by molar-refractivity contribution is 0.138. The van der Waals surface area contributed by atoms with Gasteiger partial charge in [-0.15, -0.1) is 5.10 Å². The Kier molecular flexibility index (Phi) is 3.67. The fourth-order valence-electron chi connectivity index (χ4n) is 3.08. The maximum absolute atomic E-state index is 11.8. The van der Waals surface area contributed by atoms with Gasteiger partial charge in [-0.05, 0) is 23.3 Å². The predicted octanol–water partition coefficient (Wildman–Crippen LogP) is 3.84. The molecule has 0 amide bonds. The second-order valence-corrected chi connectivity index (χ2v) is 5.88. The number of benzene rings is 3. The number of aliphatic hydroxyl groups is 1. The van der Waals surface area contributed by atoms with Gasteiger partial charge in [0.2, 0.25) is 0 Å². The van der Waals surface area contributed by atoms with Gasteiger partial charge < -0.3 is 5.11 Å². The summed E-state index contributed by atoms with van der Waals surface area (Å²) < 4.78 is 1.61. The first-order chi connectivity index (χ1) is 12.2. The van der Waals surface area contributed by atoms with Gasteiger partial charge in [-0.25, -0.2) is 4.68 Å². The molecule has 0 spiro atoms. The highest BCUT2D eigenvalue weighted by Gasteiger charge is 2.37. The van der Waals surface area contributed by atoms with E-state index in [-0.39, 0.29) is 0 Å². The average Bonchev–Trinajstić information content (AvgIpc) is 3.12. The van der Waals surface area contributed by atoms with E-state index in [2.05, 4.69) is 16.9 Å². The van der Waals surface area contributed by atoms with Crippen molar-refractivity contribution in [3.63, 3.8) is 0 Å². The molecule has 4 rings (SSSR count). The van der Waals surface area contributed by atoms with Crippen LogP contribution >= 0.6 is 0 Å². The predicted molar refractivity (Wildman–Crippen MR) is 98.7 cm³/mol. The second-order valence-electron chi connectivity index (χ2n) is 5.88. The largest absolute Gasteiger partial charge is 0.374 e. The van der Waals surface area contributed by atoms with Crippen LogP contribution in [0, 0.1) is 0 Å². The molecule has 4 nitrogen and oxygen atoms in total. The van der Waals surface area contributed by atoms with Crippen molar-refractivity contribution in [2.45, 2.75) is 5.60 Å². The van der Waals surface area contributed by atoms with Gasteiger partial charge in [-0.2, -0.15) is 0 Å². The Morgan fingerprint density at radius 2 is 1.32 bits per heavy atom. The number of para-hydroxylation sites is 1. The van der Waals surface area contributed by atoms with Crippen molar-refractivity contribution in [3.05, 3.63) is 103 Å². The molecule has 0 aliphatic rings. The van der Waals surface area contributed by atoms with Gasteiger partial charge in [0, 0.05) is 0 Å². The van der Waals surface area contributed by atoms with Crippen LogP contribution in [-0.2, 0) is 5.60 Å². The number of fused-ring (bicyclic) bond motifs is 1. The number of rotatable bonds is 4. The molecule has 0 aliphatic carbocycles. The zero-order valence-electron chi connectivity index (χ0n) is 13.6. The van der Waals surface area contributed by atoms with Gasteiger partial charge in [-0.1, -0.05) is 84.6 Å². The molecule has 122 valence electrons. The van der Waals surface area contributed by atoms with Crippen molar-refractivity contribution < 1.29 is 5.11 Å². The fourth-order valence-corrected chi connectivity index (χ4v) is 3.08. The first-order valence-electron chi connectivity index (χ1n) is 8.05. The van der Waals surface area contributed by atoms with Gasteiger partial charge in [-0.3, -0.25) is 0 Å². The molecule has 1 aromatic heterocycles. The Bertz CT molecular complexity index is 983. The number of hydrogen-bond acceptors (Lipinski definition) is 3. The minimum absolute atomic E-state index is 0.429. The van der Waals surface area contributed by atoms with Crippen LogP contribution in [0.4, 0.5) is 0 Å². The Morgan fingerprint density at radius 1 is 0.800 bits per heavy atom. The molecule has 0 saturated carbocycles. The maximum atomic E-state index is 11.8. The third-order valence-corrected chi connectivity index (χ3v) is 4.41. The summed E-state index contributed by atoms with van der Waals surface area (Å²) in [4.78, 5) is 0. The monoisotopic (exact) mass is 327 g/mol. The molecule has 1 N–H and O–H groups in total. The molecule has 0 radical (unpaired) electrons. The Labute approximate surface area is 145 Å². The minimum atomic E-state index is -1.42. The molecule has 3 aromatic carbocycles. The minimum Gasteiger partial charge on any atom is -0.374 e. The summed E-state index contributed by atoms with van der Waals surface area (Å²) in [5.74, 6) is 0. The van der Waals surface area contributed by atoms with Crippen molar-refractivity contribution in [2.75, 3.05) is 0 Å². The van der Waals surface area contributed by atoms with E-state index >= 15 is 0 Å². The van der Waals surface area contributed by atoms with Crippen LogP contribution in [0.15, 0.2) is 91.5 Å². The topological polar surface area (TPSA) is 50.9 Å². The van der Waals surface area contributed by atoms with Crippen molar-refractivity contribution >= 4 is 16.7 Å². The molecule has 25 heavy (non-hydrogen) atoms. The molecular weight excluding hydrogens is 310 g/mol. The molecule has 1 heterocycles. The van der Waals surface area contributed by atoms with Crippen LogP contribution in [0.25, 0.3) is 16.7 Å². The highest BCUT2D eigenvalue weighted by atomic mass is 16.3. The fraction of sp³-hybridized carbons (Fsp3) is 0.0476. The van der Waals surface area contributed by atoms with Crippen molar-refractivity contribution in [2.24, 2.45) is 0 Å². The normalized spacial score (nSPS) is 11.6. The number of aromatic nitrogens is 3. The summed E-state index contributed by atoms with van der Waals surface area (Å²) >= 11 is 0. The van der Waals surface area contributed by atoms with E-state index < -0.39 is 5.60 Å². The third kappa shape index (κ3) is 2.44. The van der Waals surface area contributed by atoms with E-state index in [1.54, 1.807) is 4.68 Å². The van der Waals surface area contributed by atoms with Crippen LogP contribution in [0.1, 0.15) is 11.1 Å². The summed E-state index contributed by atoms with van der Waals surface area (Å²) in [5.41, 5.74) is 2.03. The lowest BCUT2D eigenvalue weighted by atomic mass is 9.84. The van der Waals surface area contributed by atoms with E-state index in [0.29, 0.717) is 5.70 Å². The van der Waals surface area contributed by atoms with Crippen molar-refractivity contribution in [1.82, 2.24) is 15.0 Å². The zero-order valence-corrected chi connectivity index (χ0v) is 13.6. The van der Waals surface area contributed by atoms with E-state index in [4.69, 9.17) is 0 Å². The molecule has 0 unspecified atom stereocenters. The summed E-state index contributed by atoms with van der Waals surface area (Å²) in [6.07, 6.45) is 0. The van der Waals surface area contributed by atoms with Crippen LogP contribution in [-0.4, -0.2) is 20.1 Å². The van der Waals surface area contributed by atoms with E-state index in [1.165, 1.54) is 0 Å². The third-order valence-electron chi connectivity index (χ3n) is 4.41. The molecule has 4 heteroatoms. The van der Waals surface area contributed by atoms with E-state index in [1.807, 2.05) is 84.9 Å². The van der Waals surface area contributed by atoms with Crippen molar-refractivity contribution in [1.29, 1.82) is 0 Å². The Morgan fingerprint density at radius 3 is 1.92 bits per heavy atom. The van der Waals surface area contributed by atoms with Crippen LogP contribution < -0.4 is 0 Å². The summed E-state index contributed by atoms with van der Waals surface area (Å²) in [7, 11) is 0. The highest BCUT2D eigenvalue weighted by molar-refractivity contribution is 5.79. The molecule has 0 aliphatic heterocycles. The Hall–Kier alpha value is -3.24. The molecule has 0 fully saturated rings. The van der Waals surface area contributed by atoms with Crippen LogP contribution in [0.5, 0.6) is 0 Å². The van der Waals surface area contributed by atoms with Gasteiger partial charge >= 0.3 is 0 Å². The first kappa shape index (κ1) is 15.3. The van der Waals surface area contributed by atoms with Crippen LogP contribution in [0.2, 0.25) is 0 Å².